The van der Waals surface area contributed by atoms with Crippen LogP contribution in [0, 0.1) is 0 Å². The Labute approximate surface area is 251 Å². The van der Waals surface area contributed by atoms with Gasteiger partial charge in [-0.05, 0) is 87.0 Å². The van der Waals surface area contributed by atoms with E-state index in [1.54, 1.807) is 28.4 Å². The predicted molar refractivity (Wildman–Crippen MR) is 165 cm³/mol. The van der Waals surface area contributed by atoms with E-state index in [2.05, 4.69) is 0 Å². The van der Waals surface area contributed by atoms with E-state index >= 15 is 0 Å². The second-order valence-electron chi connectivity index (χ2n) is 10.1. The molecule has 2 amide bonds. The van der Waals surface area contributed by atoms with Crippen LogP contribution in [0.15, 0.2) is 36.4 Å². The van der Waals surface area contributed by atoms with Crippen LogP contribution in [-0.2, 0) is 22.4 Å². The number of benzene rings is 2. The Morgan fingerprint density at radius 2 is 0.929 bits per heavy atom. The van der Waals surface area contributed by atoms with E-state index in [9.17, 15) is 9.59 Å². The molecule has 0 aliphatic rings. The summed E-state index contributed by atoms with van der Waals surface area (Å²) in [6.07, 6.45) is 5.12. The molecule has 0 bridgehead atoms. The van der Waals surface area contributed by atoms with Gasteiger partial charge >= 0.3 is 0 Å². The zero-order valence-corrected chi connectivity index (χ0v) is 25.9. The van der Waals surface area contributed by atoms with Gasteiger partial charge in [-0.2, -0.15) is 0 Å². The summed E-state index contributed by atoms with van der Waals surface area (Å²) in [5.41, 5.74) is 13.5. The molecule has 0 aliphatic heterocycles. The third-order valence-corrected chi connectivity index (χ3v) is 7.23. The highest BCUT2D eigenvalue weighted by Crippen LogP contribution is 2.29. The minimum Gasteiger partial charge on any atom is -0.493 e. The zero-order chi connectivity index (χ0) is 30.7. The van der Waals surface area contributed by atoms with Crippen LogP contribution in [0.4, 0.5) is 0 Å². The van der Waals surface area contributed by atoms with Crippen LogP contribution < -0.4 is 30.4 Å². The van der Waals surface area contributed by atoms with Gasteiger partial charge in [0.15, 0.2) is 23.0 Å². The van der Waals surface area contributed by atoms with Gasteiger partial charge in [0.1, 0.15) is 0 Å². The number of methoxy groups -OCH3 is 4. The number of nitrogens with zero attached hydrogens (tertiary/aromatic N) is 2. The number of nitrogens with two attached hydrogens (primary N) is 2. The molecule has 234 valence electrons. The number of amides is 2. The SMILES string of the molecule is COc1ccc(CCC(=O)N(CCCN)CCCCN(CCCN)C(=O)CCc2ccc(OC)c(OC)c2)cc1OC. The number of carbonyl (C=O) groups is 2. The summed E-state index contributed by atoms with van der Waals surface area (Å²) >= 11 is 0. The van der Waals surface area contributed by atoms with E-state index in [1.165, 1.54) is 0 Å². The number of hydrogen-bond acceptors (Lipinski definition) is 8. The summed E-state index contributed by atoms with van der Waals surface area (Å²) in [6, 6.07) is 11.4. The van der Waals surface area contributed by atoms with E-state index in [1.807, 2.05) is 46.2 Å². The van der Waals surface area contributed by atoms with Crippen molar-refractivity contribution in [2.75, 3.05) is 67.7 Å². The lowest BCUT2D eigenvalue weighted by Crippen LogP contribution is -2.36. The molecular formula is C32H50N4O6. The van der Waals surface area contributed by atoms with Crippen LogP contribution in [0.3, 0.4) is 0 Å². The van der Waals surface area contributed by atoms with Gasteiger partial charge in [-0.25, -0.2) is 0 Å². The third-order valence-electron chi connectivity index (χ3n) is 7.23. The topological polar surface area (TPSA) is 130 Å². The standard InChI is InChI=1S/C32H50N4O6/c1-39-27-13-9-25(23-29(27)41-3)11-15-31(37)35(21-7-17-33)19-5-6-20-36(22-8-18-34)32(38)16-12-26-10-14-28(40-2)30(24-26)42-4/h9-10,13-14,23-24H,5-8,11-12,15-22,33-34H2,1-4H3. The van der Waals surface area contributed by atoms with Crippen LogP contribution in [0.1, 0.15) is 49.7 Å². The number of unbranched alkanes of at least 4 members (excludes halogenated alkanes) is 1. The number of carbonyl (C=O) groups excluding carboxylic acids is 2. The smallest absolute Gasteiger partial charge is 0.222 e. The fraction of sp³-hybridized carbons (Fsp3) is 0.562. The predicted octanol–water partition coefficient (Wildman–Crippen LogP) is 3.42. The maximum absolute atomic E-state index is 13.1. The van der Waals surface area contributed by atoms with E-state index in [-0.39, 0.29) is 11.8 Å². The molecule has 0 aliphatic carbocycles. The van der Waals surface area contributed by atoms with Crippen molar-refractivity contribution in [2.24, 2.45) is 11.5 Å². The van der Waals surface area contributed by atoms with E-state index < -0.39 is 0 Å². The molecule has 0 fully saturated rings. The van der Waals surface area contributed by atoms with Crippen molar-refractivity contribution in [2.45, 2.75) is 51.4 Å². The largest absolute Gasteiger partial charge is 0.493 e. The summed E-state index contributed by atoms with van der Waals surface area (Å²) < 4.78 is 21.4. The molecule has 0 radical (unpaired) electrons. The third kappa shape index (κ3) is 11.4. The Kier molecular flexibility index (Phi) is 16.2. The molecule has 10 nitrogen and oxygen atoms in total. The second kappa shape index (κ2) is 19.6. The quantitative estimate of drug-likeness (QED) is 0.213. The second-order valence-corrected chi connectivity index (χ2v) is 10.1. The Bertz CT molecular complexity index is 1010. The van der Waals surface area contributed by atoms with E-state index in [0.29, 0.717) is 87.9 Å². The Morgan fingerprint density at radius 1 is 0.571 bits per heavy atom. The van der Waals surface area contributed by atoms with Gasteiger partial charge in [0.25, 0.3) is 0 Å². The van der Waals surface area contributed by atoms with Crippen molar-refractivity contribution in [3.63, 3.8) is 0 Å². The summed E-state index contributed by atoms with van der Waals surface area (Å²) in [7, 11) is 6.41. The zero-order valence-electron chi connectivity index (χ0n) is 25.9. The molecule has 0 spiro atoms. The van der Waals surface area contributed by atoms with Crippen molar-refractivity contribution in [1.29, 1.82) is 0 Å². The highest BCUT2D eigenvalue weighted by molar-refractivity contribution is 5.77. The molecule has 4 N–H and O–H groups in total. The first kappa shape index (κ1) is 34.7. The van der Waals surface area contributed by atoms with E-state index in [0.717, 1.165) is 36.8 Å². The van der Waals surface area contributed by atoms with Gasteiger partial charge in [0.2, 0.25) is 11.8 Å². The number of ether oxygens (including phenoxy) is 4. The first-order chi connectivity index (χ1) is 20.4. The van der Waals surface area contributed by atoms with Crippen molar-refractivity contribution in [3.8, 4) is 23.0 Å². The highest BCUT2D eigenvalue weighted by atomic mass is 16.5. The molecule has 0 atom stereocenters. The average Bonchev–Trinajstić information content (AvgIpc) is 3.02. The lowest BCUT2D eigenvalue weighted by Gasteiger charge is -2.25. The van der Waals surface area contributed by atoms with Gasteiger partial charge in [-0.3, -0.25) is 9.59 Å². The fourth-order valence-corrected chi connectivity index (χ4v) is 4.78. The van der Waals surface area contributed by atoms with Crippen molar-refractivity contribution in [1.82, 2.24) is 9.80 Å². The van der Waals surface area contributed by atoms with E-state index in [4.69, 9.17) is 30.4 Å². The Hall–Kier alpha value is -3.50. The average molecular weight is 587 g/mol. The molecule has 2 aromatic rings. The summed E-state index contributed by atoms with van der Waals surface area (Å²) in [5, 5.41) is 0. The Morgan fingerprint density at radius 3 is 1.26 bits per heavy atom. The molecule has 2 rings (SSSR count). The van der Waals surface area contributed by atoms with Gasteiger partial charge in [-0.15, -0.1) is 0 Å². The van der Waals surface area contributed by atoms with Gasteiger partial charge < -0.3 is 40.2 Å². The summed E-state index contributed by atoms with van der Waals surface area (Å²) in [6.45, 7) is 3.58. The van der Waals surface area contributed by atoms with Gasteiger partial charge in [0, 0.05) is 39.0 Å². The molecule has 0 unspecified atom stereocenters. The molecule has 0 saturated heterocycles. The normalized spacial score (nSPS) is 10.7. The molecule has 0 saturated carbocycles. The summed E-state index contributed by atoms with van der Waals surface area (Å²) in [4.78, 5) is 30.0. The molecule has 0 heterocycles. The number of rotatable bonds is 21. The maximum Gasteiger partial charge on any atom is 0.222 e. The number of hydrogen-bond donors (Lipinski definition) is 2. The lowest BCUT2D eigenvalue weighted by atomic mass is 10.1. The van der Waals surface area contributed by atoms with Crippen molar-refractivity contribution < 1.29 is 28.5 Å². The molecule has 10 heteroatoms. The molecule has 42 heavy (non-hydrogen) atoms. The maximum atomic E-state index is 13.1. The Balaban J connectivity index is 1.89. The minimum atomic E-state index is 0.101. The lowest BCUT2D eigenvalue weighted by molar-refractivity contribution is -0.132. The first-order valence-electron chi connectivity index (χ1n) is 14.8. The van der Waals surface area contributed by atoms with Crippen LogP contribution >= 0.6 is 0 Å². The highest BCUT2D eigenvalue weighted by Gasteiger charge is 2.17. The van der Waals surface area contributed by atoms with Crippen molar-refractivity contribution in [3.05, 3.63) is 47.5 Å². The van der Waals surface area contributed by atoms with Crippen LogP contribution in [-0.4, -0.2) is 89.3 Å². The minimum absolute atomic E-state index is 0.101. The summed E-state index contributed by atoms with van der Waals surface area (Å²) in [5.74, 6) is 2.84. The molecule has 0 aromatic heterocycles. The molecule has 2 aromatic carbocycles. The fourth-order valence-electron chi connectivity index (χ4n) is 4.78. The van der Waals surface area contributed by atoms with Crippen LogP contribution in [0.25, 0.3) is 0 Å². The number of aryl methyl sites for hydroxylation is 2. The van der Waals surface area contributed by atoms with Gasteiger partial charge in [0.05, 0.1) is 28.4 Å². The van der Waals surface area contributed by atoms with Crippen LogP contribution in [0.5, 0.6) is 23.0 Å². The van der Waals surface area contributed by atoms with Crippen molar-refractivity contribution >= 4 is 11.8 Å². The first-order valence-corrected chi connectivity index (χ1v) is 14.8. The van der Waals surface area contributed by atoms with Crippen LogP contribution in [0.2, 0.25) is 0 Å². The molecular weight excluding hydrogens is 536 g/mol. The monoisotopic (exact) mass is 586 g/mol. The van der Waals surface area contributed by atoms with Gasteiger partial charge in [-0.1, -0.05) is 12.1 Å².